The molecule has 0 fully saturated rings. The van der Waals surface area contributed by atoms with Gasteiger partial charge >= 0.3 is 5.97 Å². The number of para-hydroxylation sites is 1. The Balaban J connectivity index is 3.00. The second-order valence-corrected chi connectivity index (χ2v) is 7.64. The fourth-order valence-electron chi connectivity index (χ4n) is 3.00. The minimum absolute atomic E-state index is 0.0724. The first-order valence-corrected chi connectivity index (χ1v) is 9.68. The van der Waals surface area contributed by atoms with E-state index in [0.717, 1.165) is 16.8 Å². The highest BCUT2D eigenvalue weighted by Gasteiger charge is 2.24. The van der Waals surface area contributed by atoms with Gasteiger partial charge < -0.3 is 15.7 Å². The van der Waals surface area contributed by atoms with E-state index in [9.17, 15) is 19.5 Å². The van der Waals surface area contributed by atoms with Crippen LogP contribution < -0.4 is 10.6 Å². The normalized spacial score (nSPS) is 12.3. The molecule has 0 radical (unpaired) electrons. The zero-order valence-electron chi connectivity index (χ0n) is 17.7. The average molecular weight is 392 g/mol. The van der Waals surface area contributed by atoms with Crippen LogP contribution in [-0.2, 0) is 14.4 Å². The van der Waals surface area contributed by atoms with Gasteiger partial charge in [-0.05, 0) is 29.9 Å². The molecule has 0 saturated heterocycles. The van der Waals surface area contributed by atoms with Crippen molar-refractivity contribution < 1.29 is 19.5 Å². The van der Waals surface area contributed by atoms with E-state index in [-0.39, 0.29) is 43.3 Å². The van der Waals surface area contributed by atoms with Crippen LogP contribution in [0.1, 0.15) is 64.5 Å². The molecule has 1 aromatic rings. The summed E-state index contributed by atoms with van der Waals surface area (Å²) in [4.78, 5) is 36.8. The molecule has 7 nitrogen and oxygen atoms in total. The van der Waals surface area contributed by atoms with Gasteiger partial charge in [-0.2, -0.15) is 0 Å². The summed E-state index contributed by atoms with van der Waals surface area (Å²) in [6, 6.07) is 5.15. The number of carbonyl (C=O) groups excluding carboxylic acids is 2. The third kappa shape index (κ3) is 6.96. The van der Waals surface area contributed by atoms with E-state index in [4.69, 9.17) is 0 Å². The molecule has 0 saturated carbocycles. The second-order valence-electron chi connectivity index (χ2n) is 7.64. The van der Waals surface area contributed by atoms with E-state index >= 15 is 0 Å². The first kappa shape index (κ1) is 23.6. The molecule has 1 atom stereocenters. The third-order valence-corrected chi connectivity index (χ3v) is 4.66. The van der Waals surface area contributed by atoms with E-state index in [2.05, 4.69) is 38.3 Å². The molecule has 1 unspecified atom stereocenters. The van der Waals surface area contributed by atoms with Crippen LogP contribution >= 0.6 is 0 Å². The molecule has 0 bridgehead atoms. The van der Waals surface area contributed by atoms with Gasteiger partial charge in [0.15, 0.2) is 0 Å². The zero-order chi connectivity index (χ0) is 21.4. The van der Waals surface area contributed by atoms with Crippen molar-refractivity contribution in [3.05, 3.63) is 29.3 Å². The van der Waals surface area contributed by atoms with E-state index in [1.54, 1.807) is 4.90 Å². The Hall–Kier alpha value is -2.41. The van der Waals surface area contributed by atoms with E-state index in [0.29, 0.717) is 0 Å². The summed E-state index contributed by atoms with van der Waals surface area (Å²) in [5, 5.41) is 15.0. The first-order chi connectivity index (χ1) is 13.0. The Morgan fingerprint density at radius 3 is 2.00 bits per heavy atom. The van der Waals surface area contributed by atoms with Crippen molar-refractivity contribution in [1.82, 2.24) is 10.2 Å². The van der Waals surface area contributed by atoms with Crippen molar-refractivity contribution in [2.45, 2.75) is 59.4 Å². The molecule has 0 spiro atoms. The molecule has 1 aromatic carbocycles. The smallest absolute Gasteiger partial charge is 0.320 e. The lowest BCUT2D eigenvalue weighted by atomic mass is 9.92. The number of nitrogens with zero attached hydrogens (tertiary/aromatic N) is 1. The summed E-state index contributed by atoms with van der Waals surface area (Å²) in [5.74, 6) is -1.00. The first-order valence-electron chi connectivity index (χ1n) is 9.68. The van der Waals surface area contributed by atoms with Crippen LogP contribution in [0.2, 0.25) is 0 Å². The molecule has 0 aliphatic carbocycles. The lowest BCUT2D eigenvalue weighted by molar-refractivity contribution is -0.142. The van der Waals surface area contributed by atoms with Crippen molar-refractivity contribution in [1.29, 1.82) is 0 Å². The maximum atomic E-state index is 12.8. The van der Waals surface area contributed by atoms with Crippen LogP contribution in [0.3, 0.4) is 0 Å². The van der Waals surface area contributed by atoms with Gasteiger partial charge in [0.1, 0.15) is 6.04 Å². The maximum Gasteiger partial charge on any atom is 0.320 e. The number of carboxylic acids is 1. The Bertz CT molecular complexity index is 675. The summed E-state index contributed by atoms with van der Waals surface area (Å²) in [6.45, 7) is 11.7. The number of carbonyl (C=O) groups is 3. The maximum absolute atomic E-state index is 12.8. The topological polar surface area (TPSA) is 98.7 Å². The molecule has 3 N–H and O–H groups in total. The summed E-state index contributed by atoms with van der Waals surface area (Å²) in [5.41, 5.74) is 2.91. The quantitative estimate of drug-likeness (QED) is 0.570. The number of rotatable bonds is 10. The molecule has 7 heteroatoms. The highest BCUT2D eigenvalue weighted by molar-refractivity contribution is 5.94. The Labute approximate surface area is 167 Å². The molecule has 0 heterocycles. The van der Waals surface area contributed by atoms with Gasteiger partial charge in [0.25, 0.3) is 0 Å². The largest absolute Gasteiger partial charge is 0.480 e. The molecule has 0 aromatic heterocycles. The standard InChI is InChI=1S/C21H33N3O4/c1-13(2)17-8-7-9-18(14(3)4)20(17)23-19(26)12-24(15(5)21(27)28)11-10-22-16(6)25/h7-9,13-15H,10-12H2,1-6H3,(H,22,25)(H,23,26)(H,27,28). The molecular weight excluding hydrogens is 358 g/mol. The Morgan fingerprint density at radius 1 is 1.04 bits per heavy atom. The van der Waals surface area contributed by atoms with Crippen LogP contribution in [0.15, 0.2) is 18.2 Å². The van der Waals surface area contributed by atoms with Gasteiger partial charge in [0.05, 0.1) is 6.54 Å². The second kappa shape index (κ2) is 10.8. The number of amides is 2. The number of carboxylic acid groups (broad SMARTS) is 1. The van der Waals surface area contributed by atoms with E-state index in [1.165, 1.54) is 13.8 Å². The van der Waals surface area contributed by atoms with Crippen LogP contribution in [0.25, 0.3) is 0 Å². The number of benzene rings is 1. The Kier molecular flexibility index (Phi) is 9.12. The number of nitrogens with one attached hydrogen (secondary N) is 2. The van der Waals surface area contributed by atoms with Crippen molar-refractivity contribution in [2.75, 3.05) is 25.0 Å². The monoisotopic (exact) mass is 391 g/mol. The third-order valence-electron chi connectivity index (χ3n) is 4.66. The zero-order valence-corrected chi connectivity index (χ0v) is 17.7. The molecule has 156 valence electrons. The Morgan fingerprint density at radius 2 is 1.57 bits per heavy atom. The SMILES string of the molecule is CC(=O)NCCN(CC(=O)Nc1c(C(C)C)cccc1C(C)C)C(C)C(=O)O. The van der Waals surface area contributed by atoms with Gasteiger partial charge in [0.2, 0.25) is 11.8 Å². The molecule has 0 aliphatic rings. The minimum atomic E-state index is -1.01. The molecule has 2 amide bonds. The van der Waals surface area contributed by atoms with Crippen molar-refractivity contribution in [3.63, 3.8) is 0 Å². The van der Waals surface area contributed by atoms with Crippen molar-refractivity contribution in [2.24, 2.45) is 0 Å². The minimum Gasteiger partial charge on any atom is -0.480 e. The number of hydrogen-bond donors (Lipinski definition) is 3. The summed E-state index contributed by atoms with van der Waals surface area (Å²) < 4.78 is 0. The van der Waals surface area contributed by atoms with E-state index in [1.807, 2.05) is 18.2 Å². The lowest BCUT2D eigenvalue weighted by Gasteiger charge is -2.26. The summed E-state index contributed by atoms with van der Waals surface area (Å²) in [7, 11) is 0. The molecule has 28 heavy (non-hydrogen) atoms. The molecular formula is C21H33N3O4. The summed E-state index contributed by atoms with van der Waals surface area (Å²) in [6.07, 6.45) is 0. The number of anilines is 1. The fourth-order valence-corrected chi connectivity index (χ4v) is 3.00. The van der Waals surface area contributed by atoms with Gasteiger partial charge in [-0.25, -0.2) is 0 Å². The fraction of sp³-hybridized carbons (Fsp3) is 0.571. The predicted molar refractivity (Wildman–Crippen MR) is 111 cm³/mol. The predicted octanol–water partition coefficient (Wildman–Crippen LogP) is 2.78. The molecule has 0 aliphatic heterocycles. The van der Waals surface area contributed by atoms with Crippen LogP contribution in [0, 0.1) is 0 Å². The number of hydrogen-bond acceptors (Lipinski definition) is 4. The number of aliphatic carboxylic acids is 1. The van der Waals surface area contributed by atoms with Gasteiger partial charge in [0, 0.05) is 25.7 Å². The van der Waals surface area contributed by atoms with Crippen LogP contribution in [-0.4, -0.2) is 53.5 Å². The van der Waals surface area contributed by atoms with Gasteiger partial charge in [-0.15, -0.1) is 0 Å². The van der Waals surface area contributed by atoms with Crippen molar-refractivity contribution in [3.8, 4) is 0 Å². The van der Waals surface area contributed by atoms with Crippen molar-refractivity contribution >= 4 is 23.5 Å². The lowest BCUT2D eigenvalue weighted by Crippen LogP contribution is -2.46. The van der Waals surface area contributed by atoms with Gasteiger partial charge in [-0.1, -0.05) is 45.9 Å². The van der Waals surface area contributed by atoms with Gasteiger partial charge in [-0.3, -0.25) is 19.3 Å². The van der Waals surface area contributed by atoms with Crippen LogP contribution in [0.5, 0.6) is 0 Å². The highest BCUT2D eigenvalue weighted by Crippen LogP contribution is 2.32. The molecule has 1 rings (SSSR count). The van der Waals surface area contributed by atoms with Crippen LogP contribution in [0.4, 0.5) is 5.69 Å². The average Bonchev–Trinajstić information content (AvgIpc) is 2.59. The van der Waals surface area contributed by atoms with E-state index < -0.39 is 12.0 Å². The highest BCUT2D eigenvalue weighted by atomic mass is 16.4. The summed E-state index contributed by atoms with van der Waals surface area (Å²) >= 11 is 0.